The van der Waals surface area contributed by atoms with E-state index in [2.05, 4.69) is 22.8 Å². The predicted octanol–water partition coefficient (Wildman–Crippen LogP) is 2.59. The van der Waals surface area contributed by atoms with E-state index in [9.17, 15) is 0 Å². The third kappa shape index (κ3) is 1.84. The van der Waals surface area contributed by atoms with Gasteiger partial charge in [-0.1, -0.05) is 6.07 Å². The van der Waals surface area contributed by atoms with Crippen molar-refractivity contribution in [2.75, 3.05) is 13.6 Å². The van der Waals surface area contributed by atoms with E-state index in [0.29, 0.717) is 4.75 Å². The van der Waals surface area contributed by atoms with Crippen LogP contribution in [0.5, 0.6) is 0 Å². The zero-order chi connectivity index (χ0) is 8.44. The molecule has 3 heteroatoms. The molecule has 0 aliphatic heterocycles. The van der Waals surface area contributed by atoms with Gasteiger partial charge in [0.2, 0.25) is 0 Å². The first-order chi connectivity index (χ1) is 5.85. The topological polar surface area (TPSA) is 12.0 Å². The highest BCUT2D eigenvalue weighted by molar-refractivity contribution is 8.02. The van der Waals surface area contributed by atoms with E-state index in [-0.39, 0.29) is 0 Å². The quantitative estimate of drug-likeness (QED) is 0.800. The SMILES string of the molecule is CNCC1(Sc2cccs2)CC1. The predicted molar refractivity (Wildman–Crippen MR) is 56.1 cm³/mol. The van der Waals surface area contributed by atoms with Crippen LogP contribution in [-0.4, -0.2) is 18.3 Å². The van der Waals surface area contributed by atoms with Crippen LogP contribution in [0.3, 0.4) is 0 Å². The molecule has 2 rings (SSSR count). The average molecular weight is 199 g/mol. The number of nitrogens with one attached hydrogen (secondary N) is 1. The van der Waals surface area contributed by atoms with Gasteiger partial charge in [-0.3, -0.25) is 0 Å². The first kappa shape index (κ1) is 8.60. The Balaban J connectivity index is 1.94. The van der Waals surface area contributed by atoms with Gasteiger partial charge in [-0.2, -0.15) is 0 Å². The summed E-state index contributed by atoms with van der Waals surface area (Å²) < 4.78 is 2.00. The lowest BCUT2D eigenvalue weighted by Gasteiger charge is -2.11. The van der Waals surface area contributed by atoms with Crippen molar-refractivity contribution in [3.63, 3.8) is 0 Å². The van der Waals surface area contributed by atoms with E-state index in [4.69, 9.17) is 0 Å². The average Bonchev–Trinajstić information content (AvgIpc) is 2.63. The molecule has 1 nitrogen and oxygen atoms in total. The van der Waals surface area contributed by atoms with Crippen LogP contribution in [0.4, 0.5) is 0 Å². The highest BCUT2D eigenvalue weighted by atomic mass is 32.2. The summed E-state index contributed by atoms with van der Waals surface area (Å²) in [7, 11) is 2.04. The molecule has 1 aliphatic rings. The van der Waals surface area contributed by atoms with Gasteiger partial charge in [0, 0.05) is 11.3 Å². The van der Waals surface area contributed by atoms with Crippen LogP contribution < -0.4 is 5.32 Å². The molecule has 0 amide bonds. The molecule has 0 saturated heterocycles. The van der Waals surface area contributed by atoms with Crippen molar-refractivity contribution in [2.45, 2.75) is 21.8 Å². The zero-order valence-corrected chi connectivity index (χ0v) is 8.80. The second-order valence-corrected chi connectivity index (χ2v) is 5.96. The molecular weight excluding hydrogens is 186 g/mol. The van der Waals surface area contributed by atoms with Gasteiger partial charge in [0.15, 0.2) is 0 Å². The van der Waals surface area contributed by atoms with Gasteiger partial charge < -0.3 is 5.32 Å². The number of hydrogen-bond acceptors (Lipinski definition) is 3. The lowest BCUT2D eigenvalue weighted by Crippen LogP contribution is -2.21. The molecule has 0 radical (unpaired) electrons. The van der Waals surface area contributed by atoms with Crippen LogP contribution in [0.1, 0.15) is 12.8 Å². The molecule has 0 unspecified atom stereocenters. The molecule has 1 aromatic rings. The molecule has 0 spiro atoms. The van der Waals surface area contributed by atoms with Gasteiger partial charge in [0.1, 0.15) is 0 Å². The Kier molecular flexibility index (Phi) is 2.44. The van der Waals surface area contributed by atoms with Crippen LogP contribution in [0.25, 0.3) is 0 Å². The second kappa shape index (κ2) is 3.40. The van der Waals surface area contributed by atoms with Crippen molar-refractivity contribution in [3.05, 3.63) is 17.5 Å². The highest BCUT2D eigenvalue weighted by Gasteiger charge is 2.43. The van der Waals surface area contributed by atoms with Crippen LogP contribution >= 0.6 is 23.1 Å². The molecular formula is C9H13NS2. The van der Waals surface area contributed by atoms with E-state index in [1.54, 1.807) is 0 Å². The van der Waals surface area contributed by atoms with Gasteiger partial charge in [0.05, 0.1) is 4.21 Å². The standard InChI is InChI=1S/C9H13NS2/c1-10-7-9(4-5-9)12-8-3-2-6-11-8/h2-3,6,10H,4-5,7H2,1H3. The Morgan fingerprint density at radius 1 is 1.67 bits per heavy atom. The zero-order valence-electron chi connectivity index (χ0n) is 7.17. The molecule has 1 aromatic heterocycles. The Labute approximate surface area is 81.6 Å². The smallest absolute Gasteiger partial charge is 0.0604 e. The van der Waals surface area contributed by atoms with Crippen LogP contribution in [0.15, 0.2) is 21.7 Å². The fraction of sp³-hybridized carbons (Fsp3) is 0.556. The summed E-state index contributed by atoms with van der Waals surface area (Å²) in [5, 5.41) is 5.42. The van der Waals surface area contributed by atoms with E-state index in [0.717, 1.165) is 6.54 Å². The van der Waals surface area contributed by atoms with Crippen molar-refractivity contribution in [1.82, 2.24) is 5.32 Å². The third-order valence-electron chi connectivity index (χ3n) is 2.12. The fourth-order valence-electron chi connectivity index (χ4n) is 1.31. The van der Waals surface area contributed by atoms with Crippen molar-refractivity contribution >= 4 is 23.1 Å². The molecule has 1 N–H and O–H groups in total. The normalized spacial score (nSPS) is 19.4. The molecule has 1 aliphatic carbocycles. The van der Waals surface area contributed by atoms with Crippen LogP contribution in [-0.2, 0) is 0 Å². The Bertz CT molecular complexity index is 239. The first-order valence-corrected chi connectivity index (χ1v) is 5.91. The van der Waals surface area contributed by atoms with Gasteiger partial charge in [-0.05, 0) is 31.3 Å². The number of rotatable bonds is 4. The minimum atomic E-state index is 0.541. The van der Waals surface area contributed by atoms with Crippen molar-refractivity contribution in [2.24, 2.45) is 0 Å². The monoisotopic (exact) mass is 199 g/mol. The summed E-state index contributed by atoms with van der Waals surface area (Å²) in [4.78, 5) is 0. The Hall–Kier alpha value is 0.01000. The van der Waals surface area contributed by atoms with E-state index < -0.39 is 0 Å². The summed E-state index contributed by atoms with van der Waals surface area (Å²) in [5.41, 5.74) is 0. The molecule has 66 valence electrons. The fourth-order valence-corrected chi connectivity index (χ4v) is 3.75. The van der Waals surface area contributed by atoms with E-state index in [1.807, 2.05) is 30.1 Å². The molecule has 0 aromatic carbocycles. The van der Waals surface area contributed by atoms with Gasteiger partial charge in [-0.15, -0.1) is 23.1 Å². The van der Waals surface area contributed by atoms with Gasteiger partial charge in [-0.25, -0.2) is 0 Å². The molecule has 1 saturated carbocycles. The number of thioether (sulfide) groups is 1. The summed E-state index contributed by atoms with van der Waals surface area (Å²) in [5.74, 6) is 0. The summed E-state index contributed by atoms with van der Waals surface area (Å²) in [6, 6.07) is 4.34. The van der Waals surface area contributed by atoms with E-state index >= 15 is 0 Å². The summed E-state index contributed by atoms with van der Waals surface area (Å²) in [6.07, 6.45) is 2.74. The van der Waals surface area contributed by atoms with Crippen molar-refractivity contribution < 1.29 is 0 Å². The van der Waals surface area contributed by atoms with Gasteiger partial charge >= 0.3 is 0 Å². The summed E-state index contributed by atoms with van der Waals surface area (Å²) in [6.45, 7) is 1.15. The first-order valence-electron chi connectivity index (χ1n) is 4.22. The maximum atomic E-state index is 3.27. The number of hydrogen-bond donors (Lipinski definition) is 1. The van der Waals surface area contributed by atoms with Crippen molar-refractivity contribution in [3.8, 4) is 0 Å². The number of thiophene rings is 1. The van der Waals surface area contributed by atoms with Crippen LogP contribution in [0.2, 0.25) is 0 Å². The Morgan fingerprint density at radius 3 is 3.00 bits per heavy atom. The van der Waals surface area contributed by atoms with Gasteiger partial charge in [0.25, 0.3) is 0 Å². The van der Waals surface area contributed by atoms with Crippen LogP contribution in [0, 0.1) is 0 Å². The minimum absolute atomic E-state index is 0.541. The molecule has 0 bridgehead atoms. The second-order valence-electron chi connectivity index (χ2n) is 3.25. The molecule has 1 fully saturated rings. The molecule has 0 atom stereocenters. The largest absolute Gasteiger partial charge is 0.318 e. The lowest BCUT2D eigenvalue weighted by atomic mass is 10.4. The maximum Gasteiger partial charge on any atom is 0.0604 e. The highest BCUT2D eigenvalue weighted by Crippen LogP contribution is 2.52. The maximum absolute atomic E-state index is 3.27. The third-order valence-corrected chi connectivity index (χ3v) is 4.64. The lowest BCUT2D eigenvalue weighted by molar-refractivity contribution is 0.752. The molecule has 12 heavy (non-hydrogen) atoms. The van der Waals surface area contributed by atoms with E-state index in [1.165, 1.54) is 17.1 Å². The van der Waals surface area contributed by atoms with Crippen molar-refractivity contribution in [1.29, 1.82) is 0 Å². The minimum Gasteiger partial charge on any atom is -0.318 e. The molecule has 1 heterocycles. The summed E-state index contributed by atoms with van der Waals surface area (Å²) >= 11 is 3.90. The Morgan fingerprint density at radius 2 is 2.50 bits per heavy atom.